The summed E-state index contributed by atoms with van der Waals surface area (Å²) in [7, 11) is 0. The third-order valence-corrected chi connectivity index (χ3v) is 3.99. The van der Waals surface area contributed by atoms with Crippen LogP contribution in [0.1, 0.15) is 0 Å². The van der Waals surface area contributed by atoms with Crippen LogP contribution < -0.4 is 0 Å². The molecule has 4 heteroatoms. The molecule has 0 unspecified atom stereocenters. The van der Waals surface area contributed by atoms with E-state index in [2.05, 4.69) is 15.9 Å². The van der Waals surface area contributed by atoms with Gasteiger partial charge in [0.15, 0.2) is 0 Å². The van der Waals surface area contributed by atoms with E-state index >= 15 is 0 Å². The summed E-state index contributed by atoms with van der Waals surface area (Å²) in [5.74, 6) is -0.308. The molecule has 0 saturated heterocycles. The Morgan fingerprint density at radius 2 is 1.70 bits per heavy atom. The number of hydrogen-bond donors (Lipinski definition) is 1. The minimum atomic E-state index is -0.352. The molecule has 1 nitrogen and oxygen atoms in total. The van der Waals surface area contributed by atoms with Gasteiger partial charge in [-0.15, -0.1) is 0 Å². The summed E-state index contributed by atoms with van der Waals surface area (Å²) in [5, 5.41) is 11.9. The number of halogens is 3. The highest BCUT2D eigenvalue weighted by Crippen LogP contribution is 2.38. The van der Waals surface area contributed by atoms with Gasteiger partial charge in [0.05, 0.1) is 4.47 Å². The van der Waals surface area contributed by atoms with E-state index in [9.17, 15) is 9.50 Å². The molecule has 0 atom stereocenters. The predicted octanol–water partition coefficient (Wildman–Crippen LogP) is 5.77. The quantitative estimate of drug-likeness (QED) is 0.590. The predicted molar refractivity (Wildman–Crippen MR) is 83.7 cm³/mol. The number of fused-ring (bicyclic) bond motifs is 1. The Morgan fingerprint density at radius 1 is 1.00 bits per heavy atom. The molecule has 0 aromatic heterocycles. The van der Waals surface area contributed by atoms with Gasteiger partial charge in [0.2, 0.25) is 0 Å². The van der Waals surface area contributed by atoms with Gasteiger partial charge in [-0.1, -0.05) is 41.9 Å². The smallest absolute Gasteiger partial charge is 0.145 e. The molecule has 20 heavy (non-hydrogen) atoms. The zero-order valence-corrected chi connectivity index (χ0v) is 12.5. The second-order valence-electron chi connectivity index (χ2n) is 4.43. The van der Waals surface area contributed by atoms with Gasteiger partial charge < -0.3 is 5.11 Å². The molecule has 0 aliphatic rings. The Balaban J connectivity index is 2.40. The standard InChI is InChI=1S/C16H9BrClFO/c17-13-6-2-5-12(16(13)19)11-4-1-3-9-7-10(18)8-14(20)15(9)11/h1-8,20H. The lowest BCUT2D eigenvalue weighted by Gasteiger charge is -2.11. The lowest BCUT2D eigenvalue weighted by atomic mass is 9.97. The van der Waals surface area contributed by atoms with Gasteiger partial charge in [-0.3, -0.25) is 0 Å². The molecule has 0 radical (unpaired) electrons. The molecule has 0 saturated carbocycles. The number of rotatable bonds is 1. The lowest BCUT2D eigenvalue weighted by Crippen LogP contribution is -1.88. The Bertz CT molecular complexity index is 817. The Labute approximate surface area is 128 Å². The van der Waals surface area contributed by atoms with Gasteiger partial charge in [-0.2, -0.15) is 0 Å². The van der Waals surface area contributed by atoms with Crippen LogP contribution in [0.4, 0.5) is 4.39 Å². The molecule has 100 valence electrons. The number of benzene rings is 3. The van der Waals surface area contributed by atoms with Crippen LogP contribution in [0.25, 0.3) is 21.9 Å². The number of hydrogen-bond acceptors (Lipinski definition) is 1. The van der Waals surface area contributed by atoms with Crippen molar-refractivity contribution >= 4 is 38.3 Å². The number of phenols is 1. The summed E-state index contributed by atoms with van der Waals surface area (Å²) in [6, 6.07) is 13.7. The van der Waals surface area contributed by atoms with Crippen molar-refractivity contribution in [2.24, 2.45) is 0 Å². The van der Waals surface area contributed by atoms with Crippen LogP contribution in [0.15, 0.2) is 53.0 Å². The second kappa shape index (κ2) is 5.08. The van der Waals surface area contributed by atoms with E-state index in [0.717, 1.165) is 5.39 Å². The van der Waals surface area contributed by atoms with Gasteiger partial charge in [-0.25, -0.2) is 4.39 Å². The summed E-state index contributed by atoms with van der Waals surface area (Å²) in [6.07, 6.45) is 0. The van der Waals surface area contributed by atoms with Crippen molar-refractivity contribution in [3.63, 3.8) is 0 Å². The molecule has 0 fully saturated rings. The topological polar surface area (TPSA) is 20.2 Å². The lowest BCUT2D eigenvalue weighted by molar-refractivity contribution is 0.482. The van der Waals surface area contributed by atoms with Gasteiger partial charge >= 0.3 is 0 Å². The van der Waals surface area contributed by atoms with Crippen LogP contribution in [-0.2, 0) is 0 Å². The monoisotopic (exact) mass is 350 g/mol. The van der Waals surface area contributed by atoms with Crippen molar-refractivity contribution in [1.29, 1.82) is 0 Å². The van der Waals surface area contributed by atoms with Crippen LogP contribution in [0.5, 0.6) is 5.75 Å². The van der Waals surface area contributed by atoms with Crippen LogP contribution in [0.2, 0.25) is 5.02 Å². The molecule has 3 aromatic rings. The van der Waals surface area contributed by atoms with E-state index in [0.29, 0.717) is 26.0 Å². The molecule has 1 N–H and O–H groups in total. The summed E-state index contributed by atoms with van der Waals surface area (Å²) in [5.41, 5.74) is 1.07. The van der Waals surface area contributed by atoms with E-state index in [1.807, 2.05) is 12.1 Å². The third kappa shape index (κ3) is 2.17. The zero-order valence-electron chi connectivity index (χ0n) is 10.2. The van der Waals surface area contributed by atoms with Crippen LogP contribution in [-0.4, -0.2) is 5.11 Å². The molecule has 0 aliphatic heterocycles. The molecule has 3 rings (SSSR count). The summed E-state index contributed by atoms with van der Waals surface area (Å²) >= 11 is 9.12. The first-order chi connectivity index (χ1) is 9.58. The molecule has 0 amide bonds. The summed E-state index contributed by atoms with van der Waals surface area (Å²) in [4.78, 5) is 0. The maximum Gasteiger partial charge on any atom is 0.145 e. The Morgan fingerprint density at radius 3 is 2.50 bits per heavy atom. The van der Waals surface area contributed by atoms with Crippen LogP contribution >= 0.6 is 27.5 Å². The average Bonchev–Trinajstić information content (AvgIpc) is 2.41. The molecule has 0 bridgehead atoms. The highest BCUT2D eigenvalue weighted by atomic mass is 79.9. The van der Waals surface area contributed by atoms with E-state index < -0.39 is 0 Å². The Hall–Kier alpha value is -1.58. The molecular formula is C16H9BrClFO. The minimum absolute atomic E-state index is 0.0440. The van der Waals surface area contributed by atoms with E-state index in [1.54, 1.807) is 30.3 Å². The average molecular weight is 352 g/mol. The fourth-order valence-electron chi connectivity index (χ4n) is 2.31. The third-order valence-electron chi connectivity index (χ3n) is 3.16. The fourth-order valence-corrected chi connectivity index (χ4v) is 2.89. The summed E-state index contributed by atoms with van der Waals surface area (Å²) in [6.45, 7) is 0. The van der Waals surface area contributed by atoms with Gasteiger partial charge in [0.25, 0.3) is 0 Å². The minimum Gasteiger partial charge on any atom is -0.507 e. The normalized spacial score (nSPS) is 10.9. The SMILES string of the molecule is Oc1cc(Cl)cc2cccc(-c3cccc(Br)c3F)c12. The first-order valence-electron chi connectivity index (χ1n) is 5.93. The van der Waals surface area contributed by atoms with Crippen LogP contribution in [0, 0.1) is 5.82 Å². The molecular weight excluding hydrogens is 343 g/mol. The number of aromatic hydroxyl groups is 1. The molecule has 0 aliphatic carbocycles. The van der Waals surface area contributed by atoms with Crippen molar-refractivity contribution in [3.8, 4) is 16.9 Å². The number of phenolic OH excluding ortho intramolecular Hbond substituents is 1. The first kappa shape index (κ1) is 13.4. The largest absolute Gasteiger partial charge is 0.507 e. The van der Waals surface area contributed by atoms with Crippen molar-refractivity contribution in [2.45, 2.75) is 0 Å². The van der Waals surface area contributed by atoms with Crippen molar-refractivity contribution in [2.75, 3.05) is 0 Å². The van der Waals surface area contributed by atoms with E-state index in [1.165, 1.54) is 6.07 Å². The Kier molecular flexibility index (Phi) is 3.40. The zero-order chi connectivity index (χ0) is 14.3. The molecule has 3 aromatic carbocycles. The fraction of sp³-hybridized carbons (Fsp3) is 0. The molecule has 0 spiro atoms. The van der Waals surface area contributed by atoms with Gasteiger partial charge in [0, 0.05) is 16.0 Å². The summed E-state index contributed by atoms with van der Waals surface area (Å²) < 4.78 is 14.7. The van der Waals surface area contributed by atoms with Gasteiger partial charge in [0.1, 0.15) is 11.6 Å². The highest BCUT2D eigenvalue weighted by Gasteiger charge is 2.13. The van der Waals surface area contributed by atoms with Crippen molar-refractivity contribution in [3.05, 3.63) is 63.8 Å². The van der Waals surface area contributed by atoms with Crippen molar-refractivity contribution < 1.29 is 9.50 Å². The maximum atomic E-state index is 14.3. The second-order valence-corrected chi connectivity index (χ2v) is 5.72. The van der Waals surface area contributed by atoms with Gasteiger partial charge in [-0.05, 0) is 45.1 Å². The maximum absolute atomic E-state index is 14.3. The van der Waals surface area contributed by atoms with Crippen LogP contribution in [0.3, 0.4) is 0 Å². The molecule has 0 heterocycles. The van der Waals surface area contributed by atoms with E-state index in [4.69, 9.17) is 11.6 Å². The van der Waals surface area contributed by atoms with Crippen molar-refractivity contribution in [1.82, 2.24) is 0 Å². The highest BCUT2D eigenvalue weighted by molar-refractivity contribution is 9.10. The van der Waals surface area contributed by atoms with E-state index in [-0.39, 0.29) is 11.6 Å². The first-order valence-corrected chi connectivity index (χ1v) is 7.10.